The summed E-state index contributed by atoms with van der Waals surface area (Å²) in [6, 6.07) is 12.8. The van der Waals surface area contributed by atoms with Crippen LogP contribution in [-0.2, 0) is 9.53 Å². The van der Waals surface area contributed by atoms with Crippen molar-refractivity contribution < 1.29 is 18.9 Å². The van der Waals surface area contributed by atoms with Gasteiger partial charge in [-0.05, 0) is 35.2 Å². The zero-order chi connectivity index (χ0) is 17.7. The number of rotatable bonds is 6. The first-order chi connectivity index (χ1) is 11.2. The number of esters is 1. The Balaban J connectivity index is 1.89. The summed E-state index contributed by atoms with van der Waals surface area (Å²) in [6.45, 7) is 7.92. The van der Waals surface area contributed by atoms with Crippen LogP contribution in [0, 0.1) is 5.41 Å². The number of ether oxygens (including phenoxy) is 1. The molecule has 0 radical (unpaired) electrons. The first kappa shape index (κ1) is 18.7. The van der Waals surface area contributed by atoms with Crippen molar-refractivity contribution in [3.8, 4) is 5.75 Å². The van der Waals surface area contributed by atoms with Gasteiger partial charge in [-0.15, -0.1) is 0 Å². The molecule has 2 aromatic rings. The highest BCUT2D eigenvalue weighted by Gasteiger charge is 2.22. The summed E-state index contributed by atoms with van der Waals surface area (Å²) >= 11 is 0. The van der Waals surface area contributed by atoms with Gasteiger partial charge in [0.15, 0.2) is 0 Å². The van der Waals surface area contributed by atoms with Crippen LogP contribution in [0.25, 0.3) is 10.8 Å². The number of benzene rings is 2. The lowest BCUT2D eigenvalue weighted by atomic mass is 9.99. The molecule has 0 saturated heterocycles. The van der Waals surface area contributed by atoms with Gasteiger partial charge in [-0.3, -0.25) is 4.79 Å². The molecule has 0 aliphatic carbocycles. The molecule has 2 rings (SSSR count). The number of carbonyl (C=O) groups is 1. The number of nitrogens with one attached hydrogen (secondary N) is 1. The maximum absolute atomic E-state index is 11.9. The van der Waals surface area contributed by atoms with E-state index >= 15 is 0 Å². The van der Waals surface area contributed by atoms with Crippen molar-refractivity contribution >= 4 is 25.3 Å². The highest BCUT2D eigenvalue weighted by atomic mass is 31.2. The second-order valence-electron chi connectivity index (χ2n) is 6.89. The molecule has 0 spiro atoms. The molecule has 0 aromatic heterocycles. The van der Waals surface area contributed by atoms with Crippen LogP contribution in [0.4, 0.5) is 0 Å². The molecule has 0 saturated carbocycles. The number of fused-ring (bicyclic) bond motifs is 1. The Morgan fingerprint density at radius 2 is 1.88 bits per heavy atom. The normalized spacial score (nSPS) is 14.2. The van der Waals surface area contributed by atoms with Crippen molar-refractivity contribution in [1.82, 2.24) is 5.09 Å². The van der Waals surface area contributed by atoms with Crippen LogP contribution < -0.4 is 9.61 Å². The number of hydrogen-bond donors (Lipinski definition) is 2. The van der Waals surface area contributed by atoms with Crippen LogP contribution in [-0.4, -0.2) is 23.5 Å². The van der Waals surface area contributed by atoms with Crippen molar-refractivity contribution in [3.05, 3.63) is 42.5 Å². The molecule has 5 nitrogen and oxygen atoms in total. The van der Waals surface area contributed by atoms with Gasteiger partial charge in [-0.1, -0.05) is 51.1 Å². The van der Waals surface area contributed by atoms with Gasteiger partial charge in [-0.25, -0.2) is 5.09 Å². The maximum atomic E-state index is 11.9. The van der Waals surface area contributed by atoms with Gasteiger partial charge >= 0.3 is 14.5 Å². The second kappa shape index (κ2) is 7.93. The standard InChI is InChI=1S/C18H24NO4P/c1-13(17(20)22-12-18(2,3)4)19-24(21)23-16-10-9-14-7-5-6-8-15(14)11-16/h5-11,13,19,21H,12H2,1-4H3/t13-,24?/m0/s1. The summed E-state index contributed by atoms with van der Waals surface area (Å²) in [6.07, 6.45) is 0. The summed E-state index contributed by atoms with van der Waals surface area (Å²) in [5, 5.41) is 4.86. The molecule has 6 heteroatoms. The molecule has 0 amide bonds. The quantitative estimate of drug-likeness (QED) is 0.609. The highest BCUT2D eigenvalue weighted by Crippen LogP contribution is 2.32. The third-order valence-corrected chi connectivity index (χ3v) is 4.21. The van der Waals surface area contributed by atoms with Gasteiger partial charge < -0.3 is 14.2 Å². The van der Waals surface area contributed by atoms with Gasteiger partial charge in [0.05, 0.1) is 6.61 Å². The van der Waals surface area contributed by atoms with Gasteiger partial charge in [0.2, 0.25) is 0 Å². The van der Waals surface area contributed by atoms with Crippen LogP contribution in [0.15, 0.2) is 42.5 Å². The van der Waals surface area contributed by atoms with Crippen molar-refractivity contribution in [2.45, 2.75) is 33.7 Å². The average Bonchev–Trinajstić information content (AvgIpc) is 2.51. The Bertz CT molecular complexity index is 699. The minimum Gasteiger partial charge on any atom is -0.464 e. The molecule has 24 heavy (non-hydrogen) atoms. The zero-order valence-electron chi connectivity index (χ0n) is 14.4. The predicted octanol–water partition coefficient (Wildman–Crippen LogP) is 4.01. The second-order valence-corrected chi connectivity index (χ2v) is 7.88. The summed E-state index contributed by atoms with van der Waals surface area (Å²) in [5.41, 5.74) is -0.0963. The molecule has 130 valence electrons. The first-order valence-electron chi connectivity index (χ1n) is 7.83. The maximum Gasteiger partial charge on any atom is 0.323 e. The monoisotopic (exact) mass is 349 g/mol. The van der Waals surface area contributed by atoms with E-state index in [1.54, 1.807) is 13.0 Å². The SMILES string of the molecule is C[C@H](NP(O)Oc1ccc2ccccc2c1)C(=O)OCC(C)(C)C. The summed E-state index contributed by atoms with van der Waals surface area (Å²) < 4.78 is 10.7. The van der Waals surface area contributed by atoms with E-state index in [1.165, 1.54) is 0 Å². The molecular weight excluding hydrogens is 325 g/mol. The Morgan fingerprint density at radius 1 is 1.21 bits per heavy atom. The van der Waals surface area contributed by atoms with Crippen LogP contribution in [0.1, 0.15) is 27.7 Å². The topological polar surface area (TPSA) is 67.8 Å². The summed E-state index contributed by atoms with van der Waals surface area (Å²) in [4.78, 5) is 22.0. The lowest BCUT2D eigenvalue weighted by molar-refractivity contribution is -0.148. The smallest absolute Gasteiger partial charge is 0.323 e. The fourth-order valence-electron chi connectivity index (χ4n) is 1.98. The third kappa shape index (κ3) is 5.75. The van der Waals surface area contributed by atoms with Crippen molar-refractivity contribution in [1.29, 1.82) is 0 Å². The molecule has 1 unspecified atom stereocenters. The van der Waals surface area contributed by atoms with E-state index in [0.29, 0.717) is 12.4 Å². The molecule has 2 N–H and O–H groups in total. The Kier molecular flexibility index (Phi) is 6.16. The van der Waals surface area contributed by atoms with Crippen LogP contribution in [0.2, 0.25) is 0 Å². The van der Waals surface area contributed by atoms with Crippen LogP contribution in [0.3, 0.4) is 0 Å². The van der Waals surface area contributed by atoms with E-state index in [2.05, 4.69) is 5.09 Å². The molecular formula is C18H24NO4P. The molecule has 0 bridgehead atoms. The molecule has 2 atom stereocenters. The fraction of sp³-hybridized carbons (Fsp3) is 0.389. The van der Waals surface area contributed by atoms with E-state index in [4.69, 9.17) is 9.26 Å². The minimum absolute atomic E-state index is 0.0963. The van der Waals surface area contributed by atoms with E-state index in [9.17, 15) is 9.69 Å². The van der Waals surface area contributed by atoms with Crippen molar-refractivity contribution in [2.24, 2.45) is 5.41 Å². The Morgan fingerprint density at radius 3 is 2.54 bits per heavy atom. The summed E-state index contributed by atoms with van der Waals surface area (Å²) in [5.74, 6) is 0.138. The van der Waals surface area contributed by atoms with Crippen LogP contribution in [0.5, 0.6) is 5.75 Å². The number of hydrogen-bond acceptors (Lipinski definition) is 5. The Hall–Kier alpha value is -1.68. The first-order valence-corrected chi connectivity index (χ1v) is 9.04. The largest absolute Gasteiger partial charge is 0.464 e. The van der Waals surface area contributed by atoms with E-state index in [-0.39, 0.29) is 5.41 Å². The van der Waals surface area contributed by atoms with E-state index in [0.717, 1.165) is 10.8 Å². The fourth-order valence-corrected chi connectivity index (χ4v) is 2.78. The average molecular weight is 349 g/mol. The lowest BCUT2D eigenvalue weighted by Gasteiger charge is -2.21. The van der Waals surface area contributed by atoms with Crippen LogP contribution >= 0.6 is 8.53 Å². The zero-order valence-corrected chi connectivity index (χ0v) is 15.3. The van der Waals surface area contributed by atoms with Gasteiger partial charge in [0.25, 0.3) is 0 Å². The van der Waals surface area contributed by atoms with Crippen molar-refractivity contribution in [3.63, 3.8) is 0 Å². The summed E-state index contributed by atoms with van der Waals surface area (Å²) in [7, 11) is -1.97. The number of carbonyl (C=O) groups excluding carboxylic acids is 1. The molecule has 0 heterocycles. The predicted molar refractivity (Wildman–Crippen MR) is 96.7 cm³/mol. The molecule has 0 aliphatic rings. The minimum atomic E-state index is -1.97. The molecule has 0 aliphatic heterocycles. The third-order valence-electron chi connectivity index (χ3n) is 3.22. The van der Waals surface area contributed by atoms with Gasteiger partial charge in [-0.2, -0.15) is 0 Å². The Labute approximate surface area is 143 Å². The molecule has 2 aromatic carbocycles. The van der Waals surface area contributed by atoms with E-state index in [1.807, 2.05) is 57.2 Å². The lowest BCUT2D eigenvalue weighted by Crippen LogP contribution is -2.34. The van der Waals surface area contributed by atoms with Gasteiger partial charge in [0, 0.05) is 0 Å². The highest BCUT2D eigenvalue weighted by molar-refractivity contribution is 7.44. The van der Waals surface area contributed by atoms with Crippen molar-refractivity contribution in [2.75, 3.05) is 6.61 Å². The van der Waals surface area contributed by atoms with Gasteiger partial charge in [0.1, 0.15) is 11.8 Å². The molecule has 0 fully saturated rings. The van der Waals surface area contributed by atoms with E-state index < -0.39 is 20.5 Å².